The maximum Gasteiger partial charge on any atom is 0.277 e. The van der Waals surface area contributed by atoms with E-state index in [0.717, 1.165) is 18.5 Å². The Morgan fingerprint density at radius 2 is 1.88 bits per heavy atom. The van der Waals surface area contributed by atoms with Crippen molar-refractivity contribution in [1.82, 2.24) is 15.2 Å². The van der Waals surface area contributed by atoms with Crippen molar-refractivity contribution >= 4 is 23.3 Å². The third kappa shape index (κ3) is 3.77. The number of H-pyrrole nitrogens is 1. The largest absolute Gasteiger partial charge is 0.416 e. The highest BCUT2D eigenvalue weighted by Crippen LogP contribution is 2.34. The number of nitrogens with zero attached hydrogens (tertiary/aromatic N) is 2. The van der Waals surface area contributed by atoms with Gasteiger partial charge >= 0.3 is 0 Å². The maximum absolute atomic E-state index is 12.8. The fourth-order valence-corrected chi connectivity index (χ4v) is 4.46. The molecule has 1 aliphatic carbocycles. The molecule has 1 aliphatic rings. The van der Waals surface area contributed by atoms with Gasteiger partial charge in [-0.2, -0.15) is 0 Å². The van der Waals surface area contributed by atoms with Crippen LogP contribution < -0.4 is 0 Å². The number of hydrogen-bond donors (Lipinski definition) is 1. The van der Waals surface area contributed by atoms with E-state index in [1.54, 1.807) is 6.92 Å². The molecule has 0 aliphatic heterocycles. The predicted molar refractivity (Wildman–Crippen MR) is 100 cm³/mol. The lowest BCUT2D eigenvalue weighted by Gasteiger charge is -2.17. The van der Waals surface area contributed by atoms with Crippen LogP contribution in [0.5, 0.6) is 0 Å². The smallest absolute Gasteiger partial charge is 0.277 e. The van der Waals surface area contributed by atoms with E-state index in [1.165, 1.54) is 37.9 Å². The van der Waals surface area contributed by atoms with E-state index in [-0.39, 0.29) is 16.8 Å². The van der Waals surface area contributed by atoms with Crippen molar-refractivity contribution in [3.05, 3.63) is 28.4 Å². The molecule has 3 rings (SSSR count). The second kappa shape index (κ2) is 7.78. The van der Waals surface area contributed by atoms with Crippen molar-refractivity contribution in [3.8, 4) is 0 Å². The summed E-state index contributed by atoms with van der Waals surface area (Å²) in [7, 11) is 0. The zero-order valence-corrected chi connectivity index (χ0v) is 16.5. The molecule has 1 N–H and O–H groups in total. The summed E-state index contributed by atoms with van der Waals surface area (Å²) in [6.45, 7) is 6.95. The number of aromatic nitrogens is 3. The molecule has 140 valence electrons. The summed E-state index contributed by atoms with van der Waals surface area (Å²) in [4.78, 5) is 27.6. The van der Waals surface area contributed by atoms with E-state index >= 15 is 0 Å². The number of aryl methyl sites for hydroxylation is 1. The molecule has 1 fully saturated rings. The number of carbonyl (C=O) groups excluding carboxylic acids is 2. The van der Waals surface area contributed by atoms with Gasteiger partial charge in [-0.15, -0.1) is 10.2 Å². The van der Waals surface area contributed by atoms with Gasteiger partial charge in [0, 0.05) is 17.2 Å². The highest BCUT2D eigenvalue weighted by molar-refractivity contribution is 8.00. The van der Waals surface area contributed by atoms with Crippen LogP contribution in [0.4, 0.5) is 0 Å². The minimum atomic E-state index is -0.383. The van der Waals surface area contributed by atoms with E-state index in [1.807, 2.05) is 13.8 Å². The third-order valence-electron chi connectivity index (χ3n) is 5.06. The zero-order chi connectivity index (χ0) is 18.8. The summed E-state index contributed by atoms with van der Waals surface area (Å²) in [5.74, 6) is 0.936. The average Bonchev–Trinajstić information content (AvgIpc) is 3.19. The summed E-state index contributed by atoms with van der Waals surface area (Å²) in [6.07, 6.45) is 5.86. The van der Waals surface area contributed by atoms with Crippen LogP contribution in [0, 0.1) is 13.8 Å². The summed E-state index contributed by atoms with van der Waals surface area (Å²) in [5.41, 5.74) is 2.52. The average molecular weight is 375 g/mol. The molecule has 1 saturated carbocycles. The van der Waals surface area contributed by atoms with E-state index in [4.69, 9.17) is 4.42 Å². The first kappa shape index (κ1) is 18.9. The summed E-state index contributed by atoms with van der Waals surface area (Å²) < 4.78 is 5.80. The quantitative estimate of drug-likeness (QED) is 0.585. The van der Waals surface area contributed by atoms with Crippen LogP contribution in [0.1, 0.15) is 89.9 Å². The molecular formula is C19H25N3O3S. The van der Waals surface area contributed by atoms with Crippen molar-refractivity contribution in [2.24, 2.45) is 0 Å². The molecule has 2 aromatic rings. The van der Waals surface area contributed by atoms with Gasteiger partial charge in [-0.1, -0.05) is 31.0 Å². The second-order valence-corrected chi connectivity index (χ2v) is 8.34. The molecule has 26 heavy (non-hydrogen) atoms. The van der Waals surface area contributed by atoms with Crippen LogP contribution in [-0.4, -0.2) is 32.0 Å². The third-order valence-corrected chi connectivity index (χ3v) is 5.99. The topological polar surface area (TPSA) is 88.9 Å². The van der Waals surface area contributed by atoms with Crippen LogP contribution in [0.3, 0.4) is 0 Å². The molecule has 0 amide bonds. The van der Waals surface area contributed by atoms with E-state index < -0.39 is 0 Å². The summed E-state index contributed by atoms with van der Waals surface area (Å²) in [5, 5.41) is 8.34. The monoisotopic (exact) mass is 375 g/mol. The van der Waals surface area contributed by atoms with Crippen molar-refractivity contribution in [3.63, 3.8) is 0 Å². The van der Waals surface area contributed by atoms with Crippen molar-refractivity contribution in [1.29, 1.82) is 0 Å². The van der Waals surface area contributed by atoms with Gasteiger partial charge in [0.1, 0.15) is 0 Å². The van der Waals surface area contributed by atoms with Gasteiger partial charge in [0.15, 0.2) is 11.6 Å². The molecule has 0 radical (unpaired) electrons. The van der Waals surface area contributed by atoms with Crippen molar-refractivity contribution in [2.45, 2.75) is 76.2 Å². The number of carbonyl (C=O) groups is 2. The standard InChI is InChI=1S/C19H25N3O3S/c1-10-15(12(3)23)11(2)20-16(10)17(24)13(4)26-19-22-21-18(25-19)14-8-6-5-7-9-14/h13-14,20H,5-9H2,1-4H3. The van der Waals surface area contributed by atoms with Crippen LogP contribution in [0.25, 0.3) is 0 Å². The van der Waals surface area contributed by atoms with Gasteiger partial charge in [-0.05, 0) is 46.1 Å². The first-order chi connectivity index (χ1) is 12.4. The number of Topliss-reactive ketones (excluding diaryl/α,β-unsaturated/α-hetero) is 2. The Kier molecular flexibility index (Phi) is 5.65. The van der Waals surface area contributed by atoms with Gasteiger partial charge in [0.05, 0.1) is 10.9 Å². The first-order valence-corrected chi connectivity index (χ1v) is 10.0. The number of thioether (sulfide) groups is 1. The molecule has 0 bridgehead atoms. The lowest BCUT2D eigenvalue weighted by Crippen LogP contribution is -2.15. The first-order valence-electron chi connectivity index (χ1n) is 9.12. The number of aromatic amines is 1. The summed E-state index contributed by atoms with van der Waals surface area (Å²) >= 11 is 1.27. The van der Waals surface area contributed by atoms with E-state index in [9.17, 15) is 9.59 Å². The Bertz CT molecular complexity index is 818. The number of rotatable bonds is 6. The maximum atomic E-state index is 12.8. The highest BCUT2D eigenvalue weighted by Gasteiger charge is 2.27. The molecular weight excluding hydrogens is 350 g/mol. The normalized spacial score (nSPS) is 16.6. The van der Waals surface area contributed by atoms with Crippen molar-refractivity contribution in [2.75, 3.05) is 0 Å². The zero-order valence-electron chi connectivity index (χ0n) is 15.7. The molecule has 2 heterocycles. The van der Waals surface area contributed by atoms with Crippen LogP contribution in [-0.2, 0) is 0 Å². The minimum Gasteiger partial charge on any atom is -0.416 e. The number of ketones is 2. The fourth-order valence-electron chi connectivity index (χ4n) is 3.72. The van der Waals surface area contributed by atoms with Crippen LogP contribution >= 0.6 is 11.8 Å². The lowest BCUT2D eigenvalue weighted by molar-refractivity contribution is 0.0988. The SMILES string of the molecule is CC(=O)c1c(C)[nH]c(C(=O)C(C)Sc2nnc(C3CCCCC3)o2)c1C. The minimum absolute atomic E-state index is 0.0374. The van der Waals surface area contributed by atoms with Crippen molar-refractivity contribution < 1.29 is 14.0 Å². The Hall–Kier alpha value is -1.89. The van der Waals surface area contributed by atoms with Gasteiger partial charge in [0.2, 0.25) is 5.89 Å². The van der Waals surface area contributed by atoms with Gasteiger partial charge in [0.25, 0.3) is 5.22 Å². The number of hydrogen-bond acceptors (Lipinski definition) is 6. The molecule has 0 aromatic carbocycles. The van der Waals surface area contributed by atoms with Gasteiger partial charge in [-0.25, -0.2) is 0 Å². The Morgan fingerprint density at radius 3 is 2.50 bits per heavy atom. The highest BCUT2D eigenvalue weighted by atomic mass is 32.2. The van der Waals surface area contributed by atoms with E-state index in [2.05, 4.69) is 15.2 Å². The number of nitrogens with one attached hydrogen (secondary N) is 1. The Morgan fingerprint density at radius 1 is 1.19 bits per heavy atom. The molecule has 0 saturated heterocycles. The molecule has 6 nitrogen and oxygen atoms in total. The van der Waals surface area contributed by atoms with E-state index in [0.29, 0.717) is 33.9 Å². The molecule has 1 unspecified atom stereocenters. The molecule has 0 spiro atoms. The molecule has 1 atom stereocenters. The second-order valence-electron chi connectivity index (χ2n) is 7.05. The predicted octanol–water partition coefficient (Wildman–Crippen LogP) is 4.63. The Labute approximate surface area is 157 Å². The summed E-state index contributed by atoms with van der Waals surface area (Å²) in [6, 6.07) is 0. The molecule has 2 aromatic heterocycles. The van der Waals surface area contributed by atoms with Gasteiger partial charge in [-0.3, -0.25) is 9.59 Å². The van der Waals surface area contributed by atoms with Crippen LogP contribution in [0.2, 0.25) is 0 Å². The molecule has 7 heteroatoms. The fraction of sp³-hybridized carbons (Fsp3) is 0.579. The Balaban J connectivity index is 1.71. The van der Waals surface area contributed by atoms with Gasteiger partial charge < -0.3 is 9.40 Å². The van der Waals surface area contributed by atoms with Crippen LogP contribution in [0.15, 0.2) is 9.64 Å². The lowest BCUT2D eigenvalue weighted by atomic mass is 9.89.